The lowest BCUT2D eigenvalue weighted by atomic mass is 9.94. The van der Waals surface area contributed by atoms with E-state index in [1.807, 2.05) is 32.0 Å². The number of carbonyl (C=O) groups excluding carboxylic acids is 1. The summed E-state index contributed by atoms with van der Waals surface area (Å²) in [4.78, 5) is 13.1. The van der Waals surface area contributed by atoms with Crippen molar-refractivity contribution in [2.24, 2.45) is 0 Å². The van der Waals surface area contributed by atoms with Gasteiger partial charge in [0.25, 0.3) is 5.91 Å². The second-order valence-electron chi connectivity index (χ2n) is 7.11. The highest BCUT2D eigenvalue weighted by Gasteiger charge is 2.30. The maximum atomic E-state index is 13.2. The van der Waals surface area contributed by atoms with Crippen LogP contribution in [0.1, 0.15) is 32.4 Å². The van der Waals surface area contributed by atoms with E-state index in [1.54, 1.807) is 14.0 Å². The molecule has 1 aliphatic rings. The molecule has 3 N–H and O–H groups in total. The number of thiocarbonyl (C=S) groups is 1. The summed E-state index contributed by atoms with van der Waals surface area (Å²) < 4.78 is 24.4. The van der Waals surface area contributed by atoms with E-state index in [0.29, 0.717) is 33.6 Å². The van der Waals surface area contributed by atoms with Gasteiger partial charge in [-0.05, 0) is 75.0 Å². The molecule has 0 bridgehead atoms. The minimum atomic E-state index is -0.499. The molecule has 2 aromatic carbocycles. The molecule has 1 aliphatic heterocycles. The van der Waals surface area contributed by atoms with Gasteiger partial charge in [-0.25, -0.2) is 4.39 Å². The smallest absolute Gasteiger partial charge is 0.255 e. The Kier molecular flexibility index (Phi) is 6.56. The van der Waals surface area contributed by atoms with Crippen LogP contribution < -0.4 is 25.4 Å². The predicted octanol–water partition coefficient (Wildman–Crippen LogP) is 4.05. The number of hydrogen-bond acceptors (Lipinski definition) is 4. The van der Waals surface area contributed by atoms with Gasteiger partial charge in [-0.2, -0.15) is 0 Å². The molecule has 3 rings (SSSR count). The number of halogens is 1. The summed E-state index contributed by atoms with van der Waals surface area (Å²) in [6.45, 7) is 5.65. The molecular formula is C22H24FN3O3S. The number of rotatable bonds is 6. The molecule has 2 aromatic rings. The van der Waals surface area contributed by atoms with Crippen LogP contribution >= 0.6 is 12.2 Å². The van der Waals surface area contributed by atoms with Crippen molar-refractivity contribution in [2.45, 2.75) is 32.9 Å². The molecule has 0 saturated heterocycles. The zero-order valence-electron chi connectivity index (χ0n) is 17.2. The van der Waals surface area contributed by atoms with E-state index in [4.69, 9.17) is 21.7 Å². The molecular weight excluding hydrogens is 405 g/mol. The molecule has 1 amide bonds. The average molecular weight is 430 g/mol. The Morgan fingerprint density at radius 2 is 1.87 bits per heavy atom. The standard InChI is InChI=1S/C22H24FN3O3S/c1-12(2)29-17-10-5-14(11-18(17)28-4)20-19(13(3)24-22(30)26-20)21(27)25-16-8-6-15(23)7-9-16/h5-12,20H,1-4H3,(H,25,27)(H2,24,26,30)/t20-/m0/s1. The number of hydrogen-bond donors (Lipinski definition) is 3. The van der Waals surface area contributed by atoms with Gasteiger partial charge in [-0.3, -0.25) is 4.79 Å². The third-order valence-electron chi connectivity index (χ3n) is 4.50. The van der Waals surface area contributed by atoms with Crippen molar-refractivity contribution >= 4 is 28.9 Å². The number of carbonyl (C=O) groups is 1. The first-order valence-corrected chi connectivity index (χ1v) is 9.89. The fraction of sp³-hybridized carbons (Fsp3) is 0.273. The average Bonchev–Trinajstić information content (AvgIpc) is 2.69. The molecule has 0 fully saturated rings. The minimum absolute atomic E-state index is 0.00600. The molecule has 1 atom stereocenters. The second-order valence-corrected chi connectivity index (χ2v) is 7.52. The van der Waals surface area contributed by atoms with Gasteiger partial charge in [0.05, 0.1) is 24.8 Å². The van der Waals surface area contributed by atoms with Crippen molar-refractivity contribution in [3.05, 3.63) is 65.1 Å². The number of nitrogens with one attached hydrogen (secondary N) is 3. The molecule has 0 spiro atoms. The number of allylic oxidation sites excluding steroid dienone is 1. The third-order valence-corrected chi connectivity index (χ3v) is 4.72. The largest absolute Gasteiger partial charge is 0.493 e. The van der Waals surface area contributed by atoms with Gasteiger partial charge in [-0.15, -0.1) is 0 Å². The Morgan fingerprint density at radius 1 is 1.17 bits per heavy atom. The van der Waals surface area contributed by atoms with E-state index in [-0.39, 0.29) is 17.8 Å². The van der Waals surface area contributed by atoms with Crippen LogP contribution in [0.2, 0.25) is 0 Å². The van der Waals surface area contributed by atoms with E-state index in [2.05, 4.69) is 16.0 Å². The fourth-order valence-corrected chi connectivity index (χ4v) is 3.46. The Bertz CT molecular complexity index is 990. The van der Waals surface area contributed by atoms with Crippen molar-refractivity contribution in [1.29, 1.82) is 0 Å². The van der Waals surface area contributed by atoms with Crippen molar-refractivity contribution in [1.82, 2.24) is 10.6 Å². The van der Waals surface area contributed by atoms with Crippen LogP contribution in [0.4, 0.5) is 10.1 Å². The highest BCUT2D eigenvalue weighted by atomic mass is 32.1. The van der Waals surface area contributed by atoms with Crippen LogP contribution in [0.15, 0.2) is 53.7 Å². The van der Waals surface area contributed by atoms with Crippen LogP contribution in [0.3, 0.4) is 0 Å². The molecule has 158 valence electrons. The lowest BCUT2D eigenvalue weighted by Crippen LogP contribution is -2.45. The molecule has 0 aliphatic carbocycles. The van der Waals surface area contributed by atoms with Crippen molar-refractivity contribution in [3.8, 4) is 11.5 Å². The third kappa shape index (κ3) is 4.88. The van der Waals surface area contributed by atoms with E-state index in [9.17, 15) is 9.18 Å². The van der Waals surface area contributed by atoms with Crippen molar-refractivity contribution < 1.29 is 18.7 Å². The Balaban J connectivity index is 1.95. The number of amides is 1. The first kappa shape index (κ1) is 21.6. The highest BCUT2D eigenvalue weighted by Crippen LogP contribution is 2.35. The molecule has 0 saturated carbocycles. The molecule has 0 radical (unpaired) electrons. The van der Waals surface area contributed by atoms with Gasteiger partial charge in [-0.1, -0.05) is 6.07 Å². The summed E-state index contributed by atoms with van der Waals surface area (Å²) >= 11 is 5.30. The van der Waals surface area contributed by atoms with Gasteiger partial charge in [0.15, 0.2) is 16.6 Å². The molecule has 1 heterocycles. The van der Waals surface area contributed by atoms with Gasteiger partial charge in [0.1, 0.15) is 5.82 Å². The van der Waals surface area contributed by atoms with Crippen LogP contribution in [-0.4, -0.2) is 24.2 Å². The van der Waals surface area contributed by atoms with E-state index in [1.165, 1.54) is 24.3 Å². The van der Waals surface area contributed by atoms with Gasteiger partial charge < -0.3 is 25.4 Å². The van der Waals surface area contributed by atoms with Gasteiger partial charge in [0.2, 0.25) is 0 Å². The lowest BCUT2D eigenvalue weighted by Gasteiger charge is -2.30. The zero-order valence-corrected chi connectivity index (χ0v) is 18.0. The zero-order chi connectivity index (χ0) is 21.8. The molecule has 6 nitrogen and oxygen atoms in total. The summed E-state index contributed by atoms with van der Waals surface area (Å²) in [7, 11) is 1.57. The van der Waals surface area contributed by atoms with E-state index in [0.717, 1.165) is 5.56 Å². The SMILES string of the molecule is COc1cc([C@@H]2NC(=S)NC(C)=C2C(=O)Nc2ccc(F)cc2)ccc1OC(C)C. The first-order chi connectivity index (χ1) is 14.3. The number of methoxy groups -OCH3 is 1. The predicted molar refractivity (Wildman–Crippen MR) is 118 cm³/mol. The summed E-state index contributed by atoms with van der Waals surface area (Å²) in [6, 6.07) is 10.6. The highest BCUT2D eigenvalue weighted by molar-refractivity contribution is 7.80. The number of ether oxygens (including phenoxy) is 2. The molecule has 0 unspecified atom stereocenters. The Morgan fingerprint density at radius 3 is 2.50 bits per heavy atom. The van der Waals surface area contributed by atoms with Crippen LogP contribution in [0, 0.1) is 5.82 Å². The monoisotopic (exact) mass is 429 g/mol. The topological polar surface area (TPSA) is 71.6 Å². The number of anilines is 1. The van der Waals surface area contributed by atoms with Gasteiger partial charge >= 0.3 is 0 Å². The van der Waals surface area contributed by atoms with E-state index < -0.39 is 6.04 Å². The molecule has 0 aromatic heterocycles. The normalized spacial score (nSPS) is 16.1. The minimum Gasteiger partial charge on any atom is -0.493 e. The first-order valence-electron chi connectivity index (χ1n) is 9.48. The quantitative estimate of drug-likeness (QED) is 0.602. The molecule has 30 heavy (non-hydrogen) atoms. The summed E-state index contributed by atoms with van der Waals surface area (Å²) in [5.74, 6) is 0.477. The Hall–Kier alpha value is -3.13. The fourth-order valence-electron chi connectivity index (χ4n) is 3.19. The Labute approximate surface area is 180 Å². The van der Waals surface area contributed by atoms with Crippen LogP contribution in [0.25, 0.3) is 0 Å². The lowest BCUT2D eigenvalue weighted by molar-refractivity contribution is -0.113. The van der Waals surface area contributed by atoms with Crippen LogP contribution in [0.5, 0.6) is 11.5 Å². The van der Waals surface area contributed by atoms with Gasteiger partial charge in [0, 0.05) is 11.4 Å². The summed E-state index contributed by atoms with van der Waals surface area (Å²) in [5, 5.41) is 9.36. The summed E-state index contributed by atoms with van der Waals surface area (Å²) in [6.07, 6.45) is -0.00600. The maximum absolute atomic E-state index is 13.2. The number of benzene rings is 2. The van der Waals surface area contributed by atoms with E-state index >= 15 is 0 Å². The van der Waals surface area contributed by atoms with Crippen molar-refractivity contribution in [3.63, 3.8) is 0 Å². The van der Waals surface area contributed by atoms with Crippen molar-refractivity contribution in [2.75, 3.05) is 12.4 Å². The summed E-state index contributed by atoms with van der Waals surface area (Å²) in [5.41, 5.74) is 2.37. The molecule has 8 heteroatoms. The second kappa shape index (κ2) is 9.13. The maximum Gasteiger partial charge on any atom is 0.255 e. The van der Waals surface area contributed by atoms with Crippen LogP contribution in [-0.2, 0) is 4.79 Å².